The second kappa shape index (κ2) is 6.77. The number of aromatic nitrogens is 1. The van der Waals surface area contributed by atoms with Crippen molar-refractivity contribution in [2.75, 3.05) is 6.54 Å². The third-order valence-corrected chi connectivity index (χ3v) is 3.08. The highest BCUT2D eigenvalue weighted by atomic mass is 16.6. The van der Waals surface area contributed by atoms with E-state index in [1.807, 2.05) is 37.3 Å². The van der Waals surface area contributed by atoms with Crippen LogP contribution in [0.25, 0.3) is 0 Å². The Morgan fingerprint density at radius 1 is 1.30 bits per heavy atom. The highest BCUT2D eigenvalue weighted by Crippen LogP contribution is 2.19. The maximum Gasteiger partial charge on any atom is 0.272 e. The number of likely N-dealkylation sites (N-methyl/N-ethyl adjacent to an activating group) is 1. The summed E-state index contributed by atoms with van der Waals surface area (Å²) in [6, 6.07) is 13.1. The molecule has 0 aliphatic carbocycles. The van der Waals surface area contributed by atoms with Crippen molar-refractivity contribution in [1.82, 2.24) is 10.3 Å². The van der Waals surface area contributed by atoms with Gasteiger partial charge in [0.15, 0.2) is 0 Å². The number of hydrogen-bond acceptors (Lipinski definition) is 4. The van der Waals surface area contributed by atoms with Crippen molar-refractivity contribution in [1.29, 1.82) is 0 Å². The quantitative estimate of drug-likeness (QED) is 0.648. The number of benzene rings is 1. The van der Waals surface area contributed by atoms with Gasteiger partial charge in [-0.2, -0.15) is 0 Å². The van der Waals surface area contributed by atoms with Crippen molar-refractivity contribution >= 4 is 5.69 Å². The average Bonchev–Trinajstić information content (AvgIpc) is 2.48. The molecule has 1 unspecified atom stereocenters. The van der Waals surface area contributed by atoms with Crippen LogP contribution in [0.2, 0.25) is 0 Å². The van der Waals surface area contributed by atoms with Crippen LogP contribution in [-0.2, 0) is 6.42 Å². The van der Waals surface area contributed by atoms with Gasteiger partial charge in [-0.05, 0) is 12.1 Å². The molecule has 0 amide bonds. The highest BCUT2D eigenvalue weighted by Gasteiger charge is 2.14. The molecule has 1 atom stereocenters. The Kier molecular flexibility index (Phi) is 4.79. The zero-order valence-electron chi connectivity index (χ0n) is 11.3. The summed E-state index contributed by atoms with van der Waals surface area (Å²) in [6.07, 6.45) is 2.11. The molecule has 0 fully saturated rings. The van der Waals surface area contributed by atoms with Gasteiger partial charge < -0.3 is 5.32 Å². The fourth-order valence-electron chi connectivity index (χ4n) is 2.14. The number of rotatable bonds is 6. The molecule has 5 heteroatoms. The van der Waals surface area contributed by atoms with Gasteiger partial charge in [0.25, 0.3) is 5.69 Å². The van der Waals surface area contributed by atoms with Gasteiger partial charge in [0.1, 0.15) is 0 Å². The fraction of sp³-hybridized carbons (Fsp3) is 0.267. The predicted octanol–water partition coefficient (Wildman–Crippen LogP) is 2.88. The molecule has 1 aromatic heterocycles. The molecule has 1 aromatic carbocycles. The second-order valence-electron chi connectivity index (χ2n) is 4.49. The molecule has 0 bridgehead atoms. The normalized spacial score (nSPS) is 12.1. The first-order chi connectivity index (χ1) is 9.70. The predicted molar refractivity (Wildman–Crippen MR) is 77.5 cm³/mol. The molecular formula is C15H17N3O2. The zero-order valence-corrected chi connectivity index (χ0v) is 11.3. The molecule has 104 valence electrons. The van der Waals surface area contributed by atoms with Crippen LogP contribution in [0.15, 0.2) is 48.7 Å². The first-order valence-corrected chi connectivity index (χ1v) is 6.58. The standard InChI is InChI=1S/C15H17N3O2/c1-2-16-15(12-6-4-3-5-7-12)11-13-10-14(18(19)20)8-9-17-13/h3-10,15-16H,2,11H2,1H3. The minimum absolute atomic E-state index is 0.0818. The van der Waals surface area contributed by atoms with Gasteiger partial charge in [-0.15, -0.1) is 0 Å². The summed E-state index contributed by atoms with van der Waals surface area (Å²) in [6.45, 7) is 2.87. The summed E-state index contributed by atoms with van der Waals surface area (Å²) in [5.41, 5.74) is 1.95. The Bertz CT molecular complexity index is 572. The molecule has 5 nitrogen and oxygen atoms in total. The third-order valence-electron chi connectivity index (χ3n) is 3.08. The van der Waals surface area contributed by atoms with Gasteiger partial charge in [-0.3, -0.25) is 15.1 Å². The molecule has 0 saturated carbocycles. The van der Waals surface area contributed by atoms with Crippen molar-refractivity contribution < 1.29 is 4.92 Å². The minimum atomic E-state index is -0.393. The van der Waals surface area contributed by atoms with Crippen molar-refractivity contribution in [3.05, 3.63) is 70.0 Å². The molecular weight excluding hydrogens is 254 g/mol. The molecule has 20 heavy (non-hydrogen) atoms. The Balaban J connectivity index is 2.20. The van der Waals surface area contributed by atoms with E-state index in [9.17, 15) is 10.1 Å². The van der Waals surface area contributed by atoms with Crippen LogP contribution in [0.3, 0.4) is 0 Å². The lowest BCUT2D eigenvalue weighted by molar-refractivity contribution is -0.385. The van der Waals surface area contributed by atoms with Crippen LogP contribution < -0.4 is 5.32 Å². The largest absolute Gasteiger partial charge is 0.310 e. The lowest BCUT2D eigenvalue weighted by atomic mass is 10.0. The molecule has 0 aliphatic rings. The van der Waals surface area contributed by atoms with E-state index in [1.165, 1.54) is 18.3 Å². The van der Waals surface area contributed by atoms with Crippen LogP contribution in [0.1, 0.15) is 24.2 Å². The molecule has 1 N–H and O–H groups in total. The Morgan fingerprint density at radius 2 is 2.05 bits per heavy atom. The van der Waals surface area contributed by atoms with Crippen LogP contribution in [-0.4, -0.2) is 16.5 Å². The zero-order chi connectivity index (χ0) is 14.4. The molecule has 2 aromatic rings. The number of nitrogens with zero attached hydrogens (tertiary/aromatic N) is 2. The molecule has 1 heterocycles. The van der Waals surface area contributed by atoms with E-state index < -0.39 is 4.92 Å². The van der Waals surface area contributed by atoms with Gasteiger partial charge in [-0.1, -0.05) is 37.3 Å². The molecule has 0 saturated heterocycles. The molecule has 0 radical (unpaired) electrons. The van der Waals surface area contributed by atoms with E-state index in [2.05, 4.69) is 10.3 Å². The van der Waals surface area contributed by atoms with E-state index in [0.29, 0.717) is 12.1 Å². The van der Waals surface area contributed by atoms with Crippen LogP contribution in [0.4, 0.5) is 5.69 Å². The lowest BCUT2D eigenvalue weighted by Crippen LogP contribution is -2.23. The third kappa shape index (κ3) is 3.61. The fourth-order valence-corrected chi connectivity index (χ4v) is 2.14. The van der Waals surface area contributed by atoms with Gasteiger partial charge in [0.2, 0.25) is 0 Å². The smallest absolute Gasteiger partial charge is 0.272 e. The maximum absolute atomic E-state index is 10.8. The van der Waals surface area contributed by atoms with Crippen LogP contribution >= 0.6 is 0 Å². The summed E-state index contributed by atoms with van der Waals surface area (Å²) >= 11 is 0. The number of nitro groups is 1. The molecule has 2 rings (SSSR count). The number of nitrogens with one attached hydrogen (secondary N) is 1. The summed E-state index contributed by atoms with van der Waals surface area (Å²) in [7, 11) is 0. The maximum atomic E-state index is 10.8. The summed E-state index contributed by atoms with van der Waals surface area (Å²) in [5, 5.41) is 14.2. The Morgan fingerprint density at radius 3 is 2.70 bits per heavy atom. The van der Waals surface area contributed by atoms with Gasteiger partial charge in [-0.25, -0.2) is 0 Å². The molecule has 0 spiro atoms. The summed E-state index contributed by atoms with van der Waals surface area (Å²) < 4.78 is 0. The van der Waals surface area contributed by atoms with E-state index in [4.69, 9.17) is 0 Å². The van der Waals surface area contributed by atoms with Gasteiger partial charge >= 0.3 is 0 Å². The Labute approximate surface area is 117 Å². The monoisotopic (exact) mass is 271 g/mol. The van der Waals surface area contributed by atoms with Crippen LogP contribution in [0, 0.1) is 10.1 Å². The summed E-state index contributed by atoms with van der Waals surface area (Å²) in [4.78, 5) is 14.6. The summed E-state index contributed by atoms with van der Waals surface area (Å²) in [5.74, 6) is 0. The van der Waals surface area contributed by atoms with Crippen molar-refractivity contribution in [3.8, 4) is 0 Å². The van der Waals surface area contributed by atoms with Crippen molar-refractivity contribution in [2.45, 2.75) is 19.4 Å². The van der Waals surface area contributed by atoms with Gasteiger partial charge in [0.05, 0.1) is 4.92 Å². The van der Waals surface area contributed by atoms with Gasteiger partial charge in [0, 0.05) is 36.5 Å². The number of pyridine rings is 1. The van der Waals surface area contributed by atoms with E-state index >= 15 is 0 Å². The average molecular weight is 271 g/mol. The lowest BCUT2D eigenvalue weighted by Gasteiger charge is -2.17. The number of hydrogen-bond donors (Lipinski definition) is 1. The van der Waals surface area contributed by atoms with Crippen LogP contribution in [0.5, 0.6) is 0 Å². The molecule has 0 aliphatic heterocycles. The SMILES string of the molecule is CCNC(Cc1cc([N+](=O)[O-])ccn1)c1ccccc1. The van der Waals surface area contributed by atoms with E-state index in [-0.39, 0.29) is 11.7 Å². The van der Waals surface area contributed by atoms with Crippen molar-refractivity contribution in [2.24, 2.45) is 0 Å². The van der Waals surface area contributed by atoms with E-state index in [0.717, 1.165) is 12.1 Å². The van der Waals surface area contributed by atoms with Crippen molar-refractivity contribution in [3.63, 3.8) is 0 Å². The topological polar surface area (TPSA) is 68.1 Å². The first kappa shape index (κ1) is 14.1. The Hall–Kier alpha value is -2.27. The first-order valence-electron chi connectivity index (χ1n) is 6.58. The second-order valence-corrected chi connectivity index (χ2v) is 4.49. The van der Waals surface area contributed by atoms with E-state index in [1.54, 1.807) is 0 Å². The minimum Gasteiger partial charge on any atom is -0.310 e. The highest BCUT2D eigenvalue weighted by molar-refractivity contribution is 5.31.